The van der Waals surface area contributed by atoms with Crippen molar-refractivity contribution in [3.8, 4) is 0 Å². The van der Waals surface area contributed by atoms with Gasteiger partial charge in [-0.1, -0.05) is 41.4 Å². The lowest BCUT2D eigenvalue weighted by Gasteiger charge is -2.37. The number of hydrogen-bond acceptors (Lipinski definition) is 1. The molecule has 104 valence electrons. The van der Waals surface area contributed by atoms with Crippen LogP contribution in [0.4, 0.5) is 5.69 Å². The summed E-state index contributed by atoms with van der Waals surface area (Å²) in [5.74, 6) is 0.644. The molecule has 3 rings (SSSR count). The number of hydrogen-bond donors (Lipinski definition) is 1. The second kappa shape index (κ2) is 5.67. The Morgan fingerprint density at radius 1 is 1.00 bits per heavy atom. The molecular formula is C17H17Cl2N. The highest BCUT2D eigenvalue weighted by molar-refractivity contribution is 6.31. The van der Waals surface area contributed by atoms with Crippen molar-refractivity contribution >= 4 is 28.9 Å². The summed E-state index contributed by atoms with van der Waals surface area (Å²) in [6.07, 6.45) is 2.32. The molecule has 0 spiro atoms. The first-order chi connectivity index (χ1) is 9.61. The van der Waals surface area contributed by atoms with E-state index in [1.807, 2.05) is 25.1 Å². The molecule has 1 nitrogen and oxygen atoms in total. The molecule has 20 heavy (non-hydrogen) atoms. The van der Waals surface area contributed by atoms with Crippen molar-refractivity contribution in [1.29, 1.82) is 0 Å². The molecule has 3 heteroatoms. The summed E-state index contributed by atoms with van der Waals surface area (Å²) in [4.78, 5) is 0. The van der Waals surface area contributed by atoms with Crippen molar-refractivity contribution < 1.29 is 0 Å². The van der Waals surface area contributed by atoms with Gasteiger partial charge in [0, 0.05) is 21.8 Å². The minimum atomic E-state index is 0.537. The summed E-state index contributed by atoms with van der Waals surface area (Å²) in [5, 5.41) is 5.17. The molecule has 1 N–H and O–H groups in total. The maximum Gasteiger partial charge on any atom is 0.0455 e. The molecule has 0 saturated heterocycles. The fourth-order valence-electron chi connectivity index (χ4n) is 2.66. The Labute approximate surface area is 129 Å². The summed E-state index contributed by atoms with van der Waals surface area (Å²) >= 11 is 12.1. The maximum atomic E-state index is 6.15. The third-order valence-electron chi connectivity index (χ3n) is 4.02. The van der Waals surface area contributed by atoms with Gasteiger partial charge in [0.1, 0.15) is 0 Å². The Hall–Kier alpha value is -1.18. The van der Waals surface area contributed by atoms with Crippen molar-refractivity contribution in [3.05, 3.63) is 63.6 Å². The topological polar surface area (TPSA) is 12.0 Å². The maximum absolute atomic E-state index is 6.15. The molecule has 1 fully saturated rings. The van der Waals surface area contributed by atoms with Gasteiger partial charge in [-0.05, 0) is 61.1 Å². The normalized spacial score (nSPS) is 21.4. The standard InChI is InChI=1S/C17H17Cl2N/c1-11-2-7-15(10-17(11)19)20-16-8-13(9-16)12-3-5-14(18)6-4-12/h2-7,10,13,16,20H,8-9H2,1H3. The van der Waals surface area contributed by atoms with Gasteiger partial charge in [0.15, 0.2) is 0 Å². The molecule has 2 aromatic carbocycles. The number of benzene rings is 2. The molecule has 0 aliphatic heterocycles. The molecule has 1 saturated carbocycles. The molecule has 0 atom stereocenters. The van der Waals surface area contributed by atoms with Crippen LogP contribution >= 0.6 is 23.2 Å². The van der Waals surface area contributed by atoms with Crippen LogP contribution in [0.25, 0.3) is 0 Å². The smallest absolute Gasteiger partial charge is 0.0455 e. The average molecular weight is 306 g/mol. The van der Waals surface area contributed by atoms with Crippen molar-refractivity contribution in [2.45, 2.75) is 31.7 Å². The number of aryl methyl sites for hydroxylation is 1. The Bertz CT molecular complexity index is 601. The van der Waals surface area contributed by atoms with Crippen LogP contribution in [0.2, 0.25) is 10.0 Å². The SMILES string of the molecule is Cc1ccc(NC2CC(c3ccc(Cl)cc3)C2)cc1Cl. The predicted molar refractivity (Wildman–Crippen MR) is 87.0 cm³/mol. The van der Waals surface area contributed by atoms with Crippen LogP contribution < -0.4 is 5.32 Å². The lowest BCUT2D eigenvalue weighted by Crippen LogP contribution is -2.33. The second-order valence-electron chi connectivity index (χ2n) is 5.53. The fraction of sp³-hybridized carbons (Fsp3) is 0.294. The third kappa shape index (κ3) is 2.94. The Balaban J connectivity index is 1.58. The van der Waals surface area contributed by atoms with Gasteiger partial charge < -0.3 is 5.32 Å². The van der Waals surface area contributed by atoms with Crippen LogP contribution in [0.1, 0.15) is 29.9 Å². The Morgan fingerprint density at radius 2 is 1.70 bits per heavy atom. The van der Waals surface area contributed by atoms with Crippen LogP contribution in [0.3, 0.4) is 0 Å². The van der Waals surface area contributed by atoms with E-state index >= 15 is 0 Å². The van der Waals surface area contributed by atoms with Crippen LogP contribution in [-0.2, 0) is 0 Å². The molecule has 0 aromatic heterocycles. The van der Waals surface area contributed by atoms with Crippen molar-refractivity contribution in [2.75, 3.05) is 5.32 Å². The number of halogens is 2. The molecule has 1 aliphatic rings. The molecular weight excluding hydrogens is 289 g/mol. The van der Waals surface area contributed by atoms with E-state index in [0.29, 0.717) is 12.0 Å². The molecule has 0 heterocycles. The zero-order valence-electron chi connectivity index (χ0n) is 11.4. The van der Waals surface area contributed by atoms with E-state index in [9.17, 15) is 0 Å². The van der Waals surface area contributed by atoms with E-state index < -0.39 is 0 Å². The summed E-state index contributed by atoms with van der Waals surface area (Å²) in [7, 11) is 0. The first-order valence-electron chi connectivity index (χ1n) is 6.90. The monoisotopic (exact) mass is 305 g/mol. The first-order valence-corrected chi connectivity index (χ1v) is 7.65. The van der Waals surface area contributed by atoms with Gasteiger partial charge in [-0.3, -0.25) is 0 Å². The Morgan fingerprint density at radius 3 is 2.35 bits per heavy atom. The quantitative estimate of drug-likeness (QED) is 0.771. The van der Waals surface area contributed by atoms with Crippen molar-refractivity contribution in [3.63, 3.8) is 0 Å². The van der Waals surface area contributed by atoms with E-state index in [2.05, 4.69) is 29.6 Å². The predicted octanol–water partition coefficient (Wildman–Crippen LogP) is 5.66. The minimum Gasteiger partial charge on any atom is -0.382 e. The lowest BCUT2D eigenvalue weighted by atomic mass is 9.76. The highest BCUT2D eigenvalue weighted by Gasteiger charge is 2.30. The van der Waals surface area contributed by atoms with Crippen molar-refractivity contribution in [1.82, 2.24) is 0 Å². The number of rotatable bonds is 3. The van der Waals surface area contributed by atoms with Gasteiger partial charge in [-0.2, -0.15) is 0 Å². The van der Waals surface area contributed by atoms with Gasteiger partial charge in [-0.25, -0.2) is 0 Å². The highest BCUT2D eigenvalue weighted by Crippen LogP contribution is 2.39. The van der Waals surface area contributed by atoms with Gasteiger partial charge in [0.05, 0.1) is 0 Å². The highest BCUT2D eigenvalue weighted by atomic mass is 35.5. The van der Waals surface area contributed by atoms with Gasteiger partial charge in [0.2, 0.25) is 0 Å². The number of anilines is 1. The first kappa shape index (κ1) is 13.8. The Kier molecular flexibility index (Phi) is 3.91. The molecule has 0 unspecified atom stereocenters. The second-order valence-corrected chi connectivity index (χ2v) is 6.37. The van der Waals surface area contributed by atoms with Crippen LogP contribution in [0, 0.1) is 6.92 Å². The molecule has 2 aromatic rings. The largest absolute Gasteiger partial charge is 0.382 e. The molecule has 0 bridgehead atoms. The summed E-state index contributed by atoms with van der Waals surface area (Å²) in [5.41, 5.74) is 3.61. The van der Waals surface area contributed by atoms with Gasteiger partial charge >= 0.3 is 0 Å². The fourth-order valence-corrected chi connectivity index (χ4v) is 2.97. The summed E-state index contributed by atoms with van der Waals surface area (Å²) in [6.45, 7) is 2.02. The summed E-state index contributed by atoms with van der Waals surface area (Å²) in [6, 6.07) is 14.9. The van der Waals surface area contributed by atoms with Crippen LogP contribution in [0.15, 0.2) is 42.5 Å². The molecule has 0 radical (unpaired) electrons. The van der Waals surface area contributed by atoms with Crippen LogP contribution in [0.5, 0.6) is 0 Å². The van der Waals surface area contributed by atoms with Crippen LogP contribution in [-0.4, -0.2) is 6.04 Å². The van der Waals surface area contributed by atoms with E-state index in [-0.39, 0.29) is 0 Å². The molecule has 0 amide bonds. The van der Waals surface area contributed by atoms with E-state index in [1.54, 1.807) is 0 Å². The van der Waals surface area contributed by atoms with Crippen molar-refractivity contribution in [2.24, 2.45) is 0 Å². The summed E-state index contributed by atoms with van der Waals surface area (Å²) < 4.78 is 0. The minimum absolute atomic E-state index is 0.537. The van der Waals surface area contributed by atoms with E-state index in [4.69, 9.17) is 23.2 Å². The molecule has 1 aliphatic carbocycles. The lowest BCUT2D eigenvalue weighted by molar-refractivity contribution is 0.374. The zero-order valence-corrected chi connectivity index (χ0v) is 12.9. The number of nitrogens with one attached hydrogen (secondary N) is 1. The van der Waals surface area contributed by atoms with E-state index in [1.165, 1.54) is 5.56 Å². The van der Waals surface area contributed by atoms with Gasteiger partial charge in [-0.15, -0.1) is 0 Å². The third-order valence-corrected chi connectivity index (χ3v) is 4.68. The average Bonchev–Trinajstić information content (AvgIpc) is 2.39. The van der Waals surface area contributed by atoms with Gasteiger partial charge in [0.25, 0.3) is 0 Å². The van der Waals surface area contributed by atoms with E-state index in [0.717, 1.165) is 34.1 Å². The zero-order chi connectivity index (χ0) is 14.1.